The van der Waals surface area contributed by atoms with Crippen molar-refractivity contribution < 1.29 is 4.39 Å². The fourth-order valence-electron chi connectivity index (χ4n) is 2.50. The van der Waals surface area contributed by atoms with Gasteiger partial charge < -0.3 is 0 Å². The monoisotopic (exact) mass is 354 g/mol. The number of hydrazine groups is 1. The summed E-state index contributed by atoms with van der Waals surface area (Å²) in [6.07, 6.45) is 1.51. The highest BCUT2D eigenvalue weighted by molar-refractivity contribution is 9.10. The first-order chi connectivity index (χ1) is 9.92. The molecule has 1 heterocycles. The van der Waals surface area contributed by atoms with E-state index < -0.39 is 0 Å². The summed E-state index contributed by atoms with van der Waals surface area (Å²) in [4.78, 5) is 0. The summed E-state index contributed by atoms with van der Waals surface area (Å²) in [6.45, 7) is 4.06. The Balaban J connectivity index is 2.14. The van der Waals surface area contributed by atoms with Gasteiger partial charge in [-0.15, -0.1) is 0 Å². The number of halogens is 2. The molecule has 21 heavy (non-hydrogen) atoms. The first-order valence-electron chi connectivity index (χ1n) is 6.81. The van der Waals surface area contributed by atoms with E-state index in [4.69, 9.17) is 5.84 Å². The standard InChI is InChI=1S/C15H20BrFN4/c1-9-13(10(2)21(3)20-9)8-12(19-18)6-11-4-5-15(17)14(16)7-11/h4-5,7,12,19H,6,8,18H2,1-3H3. The van der Waals surface area contributed by atoms with Gasteiger partial charge in [0.1, 0.15) is 5.82 Å². The smallest absolute Gasteiger partial charge is 0.137 e. The second-order valence-electron chi connectivity index (χ2n) is 5.29. The van der Waals surface area contributed by atoms with Crippen LogP contribution in [0.25, 0.3) is 0 Å². The Kier molecular flexibility index (Phi) is 5.13. The van der Waals surface area contributed by atoms with E-state index in [0.717, 1.165) is 29.8 Å². The Hall–Kier alpha value is -1.24. The topological polar surface area (TPSA) is 55.9 Å². The van der Waals surface area contributed by atoms with Crippen LogP contribution in [0.15, 0.2) is 22.7 Å². The van der Waals surface area contributed by atoms with Crippen molar-refractivity contribution in [3.05, 3.63) is 51.0 Å². The quantitative estimate of drug-likeness (QED) is 0.640. The summed E-state index contributed by atoms with van der Waals surface area (Å²) >= 11 is 3.21. The van der Waals surface area contributed by atoms with Gasteiger partial charge in [-0.05, 0) is 65.9 Å². The van der Waals surface area contributed by atoms with Crippen LogP contribution in [0.3, 0.4) is 0 Å². The van der Waals surface area contributed by atoms with Crippen LogP contribution < -0.4 is 11.3 Å². The fraction of sp³-hybridized carbons (Fsp3) is 0.400. The molecule has 0 bridgehead atoms. The summed E-state index contributed by atoms with van der Waals surface area (Å²) in [6, 6.07) is 5.12. The van der Waals surface area contributed by atoms with Gasteiger partial charge in [-0.3, -0.25) is 16.0 Å². The van der Waals surface area contributed by atoms with Gasteiger partial charge in [-0.1, -0.05) is 6.07 Å². The molecule has 4 nitrogen and oxygen atoms in total. The van der Waals surface area contributed by atoms with Crippen molar-refractivity contribution in [2.45, 2.75) is 32.7 Å². The van der Waals surface area contributed by atoms with Gasteiger partial charge in [0.15, 0.2) is 0 Å². The summed E-state index contributed by atoms with van der Waals surface area (Å²) in [7, 11) is 1.94. The number of hydrogen-bond donors (Lipinski definition) is 2. The number of aryl methyl sites for hydroxylation is 2. The molecule has 0 aliphatic rings. The first-order valence-corrected chi connectivity index (χ1v) is 7.60. The third kappa shape index (κ3) is 3.70. The van der Waals surface area contributed by atoms with Gasteiger partial charge >= 0.3 is 0 Å². The zero-order valence-electron chi connectivity index (χ0n) is 12.5. The molecule has 2 aromatic rings. The fourth-order valence-corrected chi connectivity index (χ4v) is 2.93. The second kappa shape index (κ2) is 6.68. The minimum Gasteiger partial charge on any atom is -0.272 e. The molecule has 0 saturated carbocycles. The van der Waals surface area contributed by atoms with E-state index >= 15 is 0 Å². The molecular formula is C15H20BrFN4. The van der Waals surface area contributed by atoms with Gasteiger partial charge in [0.25, 0.3) is 0 Å². The van der Waals surface area contributed by atoms with Crippen molar-refractivity contribution >= 4 is 15.9 Å². The lowest BCUT2D eigenvalue weighted by molar-refractivity contribution is 0.519. The van der Waals surface area contributed by atoms with E-state index in [0.29, 0.717) is 4.47 Å². The van der Waals surface area contributed by atoms with Crippen LogP contribution in [0.1, 0.15) is 22.5 Å². The van der Waals surface area contributed by atoms with Crippen molar-refractivity contribution in [1.82, 2.24) is 15.2 Å². The van der Waals surface area contributed by atoms with E-state index in [1.54, 1.807) is 12.1 Å². The lowest BCUT2D eigenvalue weighted by Gasteiger charge is -2.16. The van der Waals surface area contributed by atoms with Crippen LogP contribution in [0, 0.1) is 19.7 Å². The average molecular weight is 355 g/mol. The Morgan fingerprint density at radius 3 is 2.62 bits per heavy atom. The van der Waals surface area contributed by atoms with Crippen LogP contribution in [0.4, 0.5) is 4.39 Å². The van der Waals surface area contributed by atoms with E-state index in [-0.39, 0.29) is 11.9 Å². The van der Waals surface area contributed by atoms with Gasteiger partial charge in [0, 0.05) is 18.8 Å². The lowest BCUT2D eigenvalue weighted by atomic mass is 9.98. The molecule has 1 unspecified atom stereocenters. The van der Waals surface area contributed by atoms with E-state index in [9.17, 15) is 4.39 Å². The predicted octanol–water partition coefficient (Wildman–Crippen LogP) is 2.56. The molecule has 0 aliphatic carbocycles. The SMILES string of the molecule is Cc1nn(C)c(C)c1CC(Cc1ccc(F)c(Br)c1)NN. The zero-order chi connectivity index (χ0) is 15.6. The minimum absolute atomic E-state index is 0.0731. The molecule has 0 radical (unpaired) electrons. The molecule has 3 N–H and O–H groups in total. The van der Waals surface area contributed by atoms with Gasteiger partial charge in [0.2, 0.25) is 0 Å². The molecule has 114 valence electrons. The van der Waals surface area contributed by atoms with Crippen LogP contribution in [0.2, 0.25) is 0 Å². The normalized spacial score (nSPS) is 12.7. The van der Waals surface area contributed by atoms with Gasteiger partial charge in [-0.2, -0.15) is 5.10 Å². The largest absolute Gasteiger partial charge is 0.272 e. The van der Waals surface area contributed by atoms with Crippen LogP contribution in [0.5, 0.6) is 0 Å². The van der Waals surface area contributed by atoms with Crippen LogP contribution in [-0.4, -0.2) is 15.8 Å². The summed E-state index contributed by atoms with van der Waals surface area (Å²) in [5.41, 5.74) is 7.26. The zero-order valence-corrected chi connectivity index (χ0v) is 14.0. The number of hydrogen-bond acceptors (Lipinski definition) is 3. The molecule has 0 amide bonds. The van der Waals surface area contributed by atoms with Crippen LogP contribution >= 0.6 is 15.9 Å². The number of nitrogens with zero attached hydrogens (tertiary/aromatic N) is 2. The molecule has 1 atom stereocenters. The third-order valence-electron chi connectivity index (χ3n) is 3.81. The van der Waals surface area contributed by atoms with Crippen LogP contribution in [-0.2, 0) is 19.9 Å². The molecule has 0 spiro atoms. The molecule has 0 fully saturated rings. The van der Waals surface area contributed by atoms with Gasteiger partial charge in [0.05, 0.1) is 10.2 Å². The summed E-state index contributed by atoms with van der Waals surface area (Å²) in [5, 5.41) is 4.42. The highest BCUT2D eigenvalue weighted by Crippen LogP contribution is 2.20. The Morgan fingerprint density at radius 1 is 1.38 bits per heavy atom. The van der Waals surface area contributed by atoms with E-state index in [2.05, 4.69) is 33.4 Å². The molecule has 1 aromatic heterocycles. The Bertz CT molecular complexity index is 639. The number of rotatable bonds is 5. The van der Waals surface area contributed by atoms with Crippen molar-refractivity contribution in [1.29, 1.82) is 0 Å². The summed E-state index contributed by atoms with van der Waals surface area (Å²) < 4.78 is 15.6. The molecular weight excluding hydrogens is 335 g/mol. The molecule has 6 heteroatoms. The molecule has 0 aliphatic heterocycles. The van der Waals surface area contributed by atoms with E-state index in [1.807, 2.05) is 18.7 Å². The maximum absolute atomic E-state index is 13.3. The van der Waals surface area contributed by atoms with Crippen molar-refractivity contribution in [2.24, 2.45) is 12.9 Å². The maximum Gasteiger partial charge on any atom is 0.137 e. The van der Waals surface area contributed by atoms with Crippen molar-refractivity contribution in [3.63, 3.8) is 0 Å². The first kappa shape index (κ1) is 16.1. The minimum atomic E-state index is -0.255. The number of aromatic nitrogens is 2. The predicted molar refractivity (Wildman–Crippen MR) is 85.3 cm³/mol. The highest BCUT2D eigenvalue weighted by Gasteiger charge is 2.16. The Labute approximate surface area is 132 Å². The van der Waals surface area contributed by atoms with Crippen molar-refractivity contribution in [2.75, 3.05) is 0 Å². The number of nitrogens with one attached hydrogen (secondary N) is 1. The highest BCUT2D eigenvalue weighted by atomic mass is 79.9. The lowest BCUT2D eigenvalue weighted by Crippen LogP contribution is -2.38. The average Bonchev–Trinajstić information content (AvgIpc) is 2.68. The Morgan fingerprint density at radius 2 is 2.10 bits per heavy atom. The molecule has 0 saturated heterocycles. The molecule has 2 rings (SSSR count). The number of nitrogens with two attached hydrogens (primary N) is 1. The van der Waals surface area contributed by atoms with Crippen molar-refractivity contribution in [3.8, 4) is 0 Å². The van der Waals surface area contributed by atoms with E-state index in [1.165, 1.54) is 11.6 Å². The second-order valence-corrected chi connectivity index (χ2v) is 6.15. The maximum atomic E-state index is 13.3. The summed E-state index contributed by atoms with van der Waals surface area (Å²) in [5.74, 6) is 5.43. The number of benzene rings is 1. The third-order valence-corrected chi connectivity index (χ3v) is 4.42. The van der Waals surface area contributed by atoms with Gasteiger partial charge in [-0.25, -0.2) is 4.39 Å². The molecule has 1 aromatic carbocycles.